The fraction of sp³-hybridized carbons (Fsp3) is 0.400. The Labute approximate surface area is 134 Å². The van der Waals surface area contributed by atoms with E-state index in [0.717, 1.165) is 37.4 Å². The third kappa shape index (κ3) is 4.12. The van der Waals surface area contributed by atoms with Gasteiger partial charge in [-0.25, -0.2) is 14.8 Å². The Balaban J connectivity index is 1.56. The molecular weight excluding hydrogens is 294 g/mol. The molecule has 3 rings (SSSR count). The van der Waals surface area contributed by atoms with Crippen molar-refractivity contribution in [2.45, 2.75) is 25.8 Å². The van der Waals surface area contributed by atoms with E-state index in [-0.39, 0.29) is 12.1 Å². The minimum absolute atomic E-state index is 0.0636. The van der Waals surface area contributed by atoms with Crippen molar-refractivity contribution in [2.75, 3.05) is 23.3 Å². The summed E-state index contributed by atoms with van der Waals surface area (Å²) >= 11 is 0. The lowest BCUT2D eigenvalue weighted by atomic mass is 10.1. The van der Waals surface area contributed by atoms with Crippen LogP contribution in [0.15, 0.2) is 30.7 Å². The monoisotopic (exact) mass is 313 g/mol. The molecule has 1 fully saturated rings. The lowest BCUT2D eigenvalue weighted by molar-refractivity contribution is 0.246. The molecule has 1 atom stereocenters. The molecule has 2 aromatic rings. The van der Waals surface area contributed by atoms with E-state index in [1.165, 1.54) is 6.33 Å². The van der Waals surface area contributed by atoms with Crippen LogP contribution in [-0.4, -0.2) is 45.3 Å². The molecule has 3 heterocycles. The highest BCUT2D eigenvalue weighted by atomic mass is 16.2. The van der Waals surface area contributed by atoms with Crippen molar-refractivity contribution in [3.05, 3.63) is 36.4 Å². The third-order valence-electron chi connectivity index (χ3n) is 3.69. The summed E-state index contributed by atoms with van der Waals surface area (Å²) in [5.41, 5.74) is 0.893. The van der Waals surface area contributed by atoms with Crippen LogP contribution in [0.3, 0.4) is 0 Å². The van der Waals surface area contributed by atoms with Gasteiger partial charge in [-0.05, 0) is 38.0 Å². The highest BCUT2D eigenvalue weighted by molar-refractivity contribution is 5.88. The predicted octanol–water partition coefficient (Wildman–Crippen LogP) is 1.37. The van der Waals surface area contributed by atoms with E-state index >= 15 is 0 Å². The zero-order chi connectivity index (χ0) is 16.1. The van der Waals surface area contributed by atoms with E-state index in [1.807, 2.05) is 19.1 Å². The molecule has 2 aromatic heterocycles. The highest BCUT2D eigenvalue weighted by Gasteiger charge is 2.22. The van der Waals surface area contributed by atoms with Crippen LogP contribution >= 0.6 is 0 Å². The van der Waals surface area contributed by atoms with Gasteiger partial charge in [-0.1, -0.05) is 0 Å². The van der Waals surface area contributed by atoms with Crippen LogP contribution in [0.1, 0.15) is 18.5 Å². The second kappa shape index (κ2) is 6.99. The summed E-state index contributed by atoms with van der Waals surface area (Å²) in [5.74, 6) is 1.33. The highest BCUT2D eigenvalue weighted by Crippen LogP contribution is 2.17. The van der Waals surface area contributed by atoms with Gasteiger partial charge in [-0.15, -0.1) is 5.10 Å². The summed E-state index contributed by atoms with van der Waals surface area (Å²) in [6.07, 6.45) is 4.91. The number of nitrogens with one attached hydrogen (secondary N) is 2. The first-order valence-corrected chi connectivity index (χ1v) is 7.59. The van der Waals surface area contributed by atoms with E-state index in [2.05, 4.69) is 35.7 Å². The molecule has 1 aliphatic rings. The molecule has 0 bridgehead atoms. The molecule has 1 saturated heterocycles. The molecule has 8 nitrogen and oxygen atoms in total. The topological polar surface area (TPSA) is 95.9 Å². The predicted molar refractivity (Wildman–Crippen MR) is 86.2 cm³/mol. The number of rotatable bonds is 3. The zero-order valence-electron chi connectivity index (χ0n) is 12.9. The van der Waals surface area contributed by atoms with Crippen LogP contribution in [0.25, 0.3) is 0 Å². The quantitative estimate of drug-likeness (QED) is 0.888. The fourth-order valence-corrected chi connectivity index (χ4v) is 2.57. The summed E-state index contributed by atoms with van der Waals surface area (Å²) in [7, 11) is 0. The van der Waals surface area contributed by atoms with Gasteiger partial charge < -0.3 is 10.2 Å². The lowest BCUT2D eigenvalue weighted by Crippen LogP contribution is -2.49. The van der Waals surface area contributed by atoms with Gasteiger partial charge in [0.15, 0.2) is 5.82 Å². The molecule has 0 radical (unpaired) electrons. The Kier molecular flexibility index (Phi) is 4.60. The summed E-state index contributed by atoms with van der Waals surface area (Å²) in [6, 6.07) is 5.36. The van der Waals surface area contributed by atoms with E-state index in [1.54, 1.807) is 12.3 Å². The molecule has 1 unspecified atom stereocenters. The minimum atomic E-state index is -0.259. The van der Waals surface area contributed by atoms with Crippen LogP contribution < -0.4 is 15.5 Å². The molecule has 1 aliphatic heterocycles. The first-order valence-electron chi connectivity index (χ1n) is 7.59. The fourth-order valence-electron chi connectivity index (χ4n) is 2.57. The smallest absolute Gasteiger partial charge is 0.320 e. The number of aromatic nitrogens is 4. The molecule has 0 aromatic carbocycles. The van der Waals surface area contributed by atoms with E-state index < -0.39 is 0 Å². The van der Waals surface area contributed by atoms with Gasteiger partial charge in [0.2, 0.25) is 0 Å². The SMILES string of the molecule is Cc1ccc(N2CCCC(NC(=O)Nc3ccncn3)C2)nn1. The molecule has 2 amide bonds. The van der Waals surface area contributed by atoms with Gasteiger partial charge in [0.25, 0.3) is 0 Å². The van der Waals surface area contributed by atoms with E-state index in [9.17, 15) is 4.79 Å². The van der Waals surface area contributed by atoms with Crippen molar-refractivity contribution < 1.29 is 4.79 Å². The number of anilines is 2. The maximum absolute atomic E-state index is 12.0. The minimum Gasteiger partial charge on any atom is -0.353 e. The standard InChI is InChI=1S/C15H19N7O/c1-11-4-5-14(21-20-11)22-8-2-3-12(9-22)18-15(23)19-13-6-7-16-10-17-13/h4-7,10,12H,2-3,8-9H2,1H3,(H2,16,17,18,19,23). The van der Waals surface area contributed by atoms with Crippen LogP contribution in [0.2, 0.25) is 0 Å². The molecule has 0 aliphatic carbocycles. The number of amides is 2. The normalized spacial score (nSPS) is 17.6. The van der Waals surface area contributed by atoms with Crippen molar-refractivity contribution in [1.29, 1.82) is 0 Å². The number of urea groups is 1. The summed E-state index contributed by atoms with van der Waals surface area (Å²) in [6.45, 7) is 3.55. The van der Waals surface area contributed by atoms with Crippen LogP contribution in [0.4, 0.5) is 16.4 Å². The maximum Gasteiger partial charge on any atom is 0.320 e. The first-order chi connectivity index (χ1) is 11.2. The number of piperidine rings is 1. The molecular formula is C15H19N7O. The average molecular weight is 313 g/mol. The Morgan fingerprint density at radius 2 is 2.22 bits per heavy atom. The van der Waals surface area contributed by atoms with Gasteiger partial charge >= 0.3 is 6.03 Å². The zero-order valence-corrected chi connectivity index (χ0v) is 12.9. The van der Waals surface area contributed by atoms with Crippen molar-refractivity contribution in [3.63, 3.8) is 0 Å². The number of aryl methyl sites for hydroxylation is 1. The maximum atomic E-state index is 12.0. The molecule has 0 saturated carbocycles. The number of hydrogen-bond donors (Lipinski definition) is 2. The average Bonchev–Trinajstić information content (AvgIpc) is 2.56. The van der Waals surface area contributed by atoms with Gasteiger partial charge in [0, 0.05) is 25.3 Å². The van der Waals surface area contributed by atoms with Gasteiger partial charge in [0.1, 0.15) is 12.1 Å². The van der Waals surface area contributed by atoms with Gasteiger partial charge in [-0.2, -0.15) is 5.10 Å². The van der Waals surface area contributed by atoms with Crippen molar-refractivity contribution in [3.8, 4) is 0 Å². The number of hydrogen-bond acceptors (Lipinski definition) is 6. The largest absolute Gasteiger partial charge is 0.353 e. The lowest BCUT2D eigenvalue weighted by Gasteiger charge is -2.33. The van der Waals surface area contributed by atoms with Gasteiger partial charge in [-0.3, -0.25) is 5.32 Å². The van der Waals surface area contributed by atoms with Crippen LogP contribution in [0.5, 0.6) is 0 Å². The number of carbonyl (C=O) groups is 1. The molecule has 8 heteroatoms. The molecule has 23 heavy (non-hydrogen) atoms. The Morgan fingerprint density at radius 1 is 1.30 bits per heavy atom. The molecule has 0 spiro atoms. The Hall–Kier alpha value is -2.77. The van der Waals surface area contributed by atoms with Crippen molar-refractivity contribution in [1.82, 2.24) is 25.5 Å². The van der Waals surface area contributed by atoms with E-state index in [0.29, 0.717) is 5.82 Å². The Bertz CT molecular complexity index is 647. The second-order valence-electron chi connectivity index (χ2n) is 5.51. The third-order valence-corrected chi connectivity index (χ3v) is 3.69. The number of carbonyl (C=O) groups excluding carboxylic acids is 1. The Morgan fingerprint density at radius 3 is 2.96 bits per heavy atom. The molecule has 120 valence electrons. The summed E-state index contributed by atoms with van der Waals surface area (Å²) < 4.78 is 0. The van der Waals surface area contributed by atoms with E-state index in [4.69, 9.17) is 0 Å². The van der Waals surface area contributed by atoms with Crippen LogP contribution in [0, 0.1) is 6.92 Å². The second-order valence-corrected chi connectivity index (χ2v) is 5.51. The summed E-state index contributed by atoms with van der Waals surface area (Å²) in [5, 5.41) is 14.0. The van der Waals surface area contributed by atoms with Crippen molar-refractivity contribution >= 4 is 17.7 Å². The summed E-state index contributed by atoms with van der Waals surface area (Å²) in [4.78, 5) is 22.0. The van der Waals surface area contributed by atoms with Crippen LogP contribution in [-0.2, 0) is 0 Å². The van der Waals surface area contributed by atoms with Gasteiger partial charge in [0.05, 0.1) is 5.69 Å². The molecule has 2 N–H and O–H groups in total. The first kappa shape index (κ1) is 15.1. The van der Waals surface area contributed by atoms with Crippen molar-refractivity contribution in [2.24, 2.45) is 0 Å². The number of nitrogens with zero attached hydrogens (tertiary/aromatic N) is 5.